The first-order valence-electron chi connectivity index (χ1n) is 5.75. The number of carboxylic acid groups (broad SMARTS) is 1. The van der Waals surface area contributed by atoms with Gasteiger partial charge in [0.1, 0.15) is 0 Å². The van der Waals surface area contributed by atoms with Crippen molar-refractivity contribution in [3.63, 3.8) is 0 Å². The third kappa shape index (κ3) is 3.99. The average molecular weight is 274 g/mol. The minimum absolute atomic E-state index is 0.841. The van der Waals surface area contributed by atoms with Gasteiger partial charge in [-0.3, -0.25) is 0 Å². The van der Waals surface area contributed by atoms with Crippen molar-refractivity contribution in [1.29, 1.82) is 0 Å². The smallest absolute Gasteiger partial charge is 0.328 e. The molecule has 1 aromatic heterocycles. The van der Waals surface area contributed by atoms with Crippen LogP contribution in [0.5, 0.6) is 0 Å². The first kappa shape index (κ1) is 13.4. The fraction of sp³-hybridized carbons (Fsp3) is 0.143. The number of aliphatic carboxylic acids is 1. The number of imidazole rings is 1. The SMILES string of the molecule is Cn1ccnc1SCc1ccc(C=CC(=O)O)cc1. The second-order valence-corrected chi connectivity index (χ2v) is 4.97. The van der Waals surface area contributed by atoms with Gasteiger partial charge in [-0.2, -0.15) is 0 Å². The molecule has 0 aliphatic carbocycles. The molecule has 19 heavy (non-hydrogen) atoms. The lowest BCUT2D eigenvalue weighted by atomic mass is 10.1. The Morgan fingerprint density at radius 3 is 2.74 bits per heavy atom. The van der Waals surface area contributed by atoms with Crippen LogP contribution in [-0.4, -0.2) is 20.6 Å². The molecule has 1 heterocycles. The summed E-state index contributed by atoms with van der Waals surface area (Å²) in [6, 6.07) is 7.82. The van der Waals surface area contributed by atoms with E-state index in [2.05, 4.69) is 4.98 Å². The maximum absolute atomic E-state index is 10.4. The summed E-state index contributed by atoms with van der Waals surface area (Å²) in [6.07, 6.45) is 6.42. The molecular weight excluding hydrogens is 260 g/mol. The molecule has 0 saturated carbocycles. The Labute approximate surface area is 115 Å². The van der Waals surface area contributed by atoms with Crippen LogP contribution in [0.15, 0.2) is 47.9 Å². The quantitative estimate of drug-likeness (QED) is 0.673. The van der Waals surface area contributed by atoms with Crippen molar-refractivity contribution in [2.24, 2.45) is 7.05 Å². The number of hydrogen-bond acceptors (Lipinski definition) is 3. The first-order chi connectivity index (χ1) is 9.15. The van der Waals surface area contributed by atoms with E-state index in [1.165, 1.54) is 5.56 Å². The number of carboxylic acids is 1. The number of thioether (sulfide) groups is 1. The van der Waals surface area contributed by atoms with Crippen molar-refractivity contribution in [2.45, 2.75) is 10.9 Å². The maximum Gasteiger partial charge on any atom is 0.328 e. The van der Waals surface area contributed by atoms with Crippen molar-refractivity contribution in [2.75, 3.05) is 0 Å². The Kier molecular flexibility index (Phi) is 4.41. The van der Waals surface area contributed by atoms with E-state index >= 15 is 0 Å². The van der Waals surface area contributed by atoms with Crippen LogP contribution in [0.3, 0.4) is 0 Å². The van der Waals surface area contributed by atoms with Crippen LogP contribution in [0.1, 0.15) is 11.1 Å². The Hall–Kier alpha value is -2.01. The van der Waals surface area contributed by atoms with Gasteiger partial charge in [0, 0.05) is 31.3 Å². The molecule has 0 bridgehead atoms. The van der Waals surface area contributed by atoms with Crippen molar-refractivity contribution in [3.05, 3.63) is 53.9 Å². The van der Waals surface area contributed by atoms with Gasteiger partial charge in [-0.05, 0) is 17.2 Å². The number of rotatable bonds is 5. The molecule has 2 aromatic rings. The van der Waals surface area contributed by atoms with E-state index in [1.54, 1.807) is 24.0 Å². The zero-order valence-corrected chi connectivity index (χ0v) is 11.3. The summed E-state index contributed by atoms with van der Waals surface area (Å²) in [5.41, 5.74) is 2.06. The Bertz CT molecular complexity index is 588. The lowest BCUT2D eigenvalue weighted by Gasteiger charge is -2.02. The molecule has 0 atom stereocenters. The van der Waals surface area contributed by atoms with E-state index in [1.807, 2.05) is 42.1 Å². The molecule has 0 aliphatic rings. The summed E-state index contributed by atoms with van der Waals surface area (Å²) >= 11 is 1.67. The van der Waals surface area contributed by atoms with Gasteiger partial charge < -0.3 is 9.67 Å². The highest BCUT2D eigenvalue weighted by molar-refractivity contribution is 7.98. The molecule has 1 aromatic carbocycles. The van der Waals surface area contributed by atoms with E-state index in [-0.39, 0.29) is 0 Å². The second-order valence-electron chi connectivity index (χ2n) is 4.02. The van der Waals surface area contributed by atoms with Crippen molar-refractivity contribution in [1.82, 2.24) is 9.55 Å². The van der Waals surface area contributed by atoms with Crippen LogP contribution >= 0.6 is 11.8 Å². The summed E-state index contributed by atoms with van der Waals surface area (Å²) in [7, 11) is 1.97. The van der Waals surface area contributed by atoms with Crippen LogP contribution in [0, 0.1) is 0 Å². The zero-order valence-electron chi connectivity index (χ0n) is 10.5. The molecule has 2 rings (SSSR count). The first-order valence-corrected chi connectivity index (χ1v) is 6.74. The Morgan fingerprint density at radius 1 is 1.42 bits per heavy atom. The standard InChI is InChI=1S/C14H14N2O2S/c1-16-9-8-15-14(16)19-10-12-4-2-11(3-5-12)6-7-13(17)18/h2-9H,10H2,1H3,(H,17,18). The van der Waals surface area contributed by atoms with E-state index in [9.17, 15) is 4.79 Å². The van der Waals surface area contributed by atoms with Gasteiger partial charge in [-0.25, -0.2) is 9.78 Å². The molecule has 4 nitrogen and oxygen atoms in total. The fourth-order valence-corrected chi connectivity index (χ4v) is 2.42. The van der Waals surface area contributed by atoms with E-state index in [0.717, 1.165) is 22.5 Å². The molecule has 98 valence electrons. The second kappa shape index (κ2) is 6.24. The monoisotopic (exact) mass is 274 g/mol. The number of carbonyl (C=O) groups is 1. The number of aryl methyl sites for hydroxylation is 1. The lowest BCUT2D eigenvalue weighted by molar-refractivity contribution is -0.131. The Balaban J connectivity index is 1.95. The van der Waals surface area contributed by atoms with E-state index in [0.29, 0.717) is 0 Å². The third-order valence-electron chi connectivity index (χ3n) is 2.54. The molecule has 0 aliphatic heterocycles. The lowest BCUT2D eigenvalue weighted by Crippen LogP contribution is -1.90. The van der Waals surface area contributed by atoms with Crippen LogP contribution in [-0.2, 0) is 17.6 Å². The van der Waals surface area contributed by atoms with Gasteiger partial charge in [0.05, 0.1) is 0 Å². The molecular formula is C14H14N2O2S. The van der Waals surface area contributed by atoms with Crippen LogP contribution in [0.4, 0.5) is 0 Å². The Morgan fingerprint density at radius 2 is 2.16 bits per heavy atom. The predicted octanol–water partition coefficient (Wildman–Crippen LogP) is 2.81. The topological polar surface area (TPSA) is 55.1 Å². The average Bonchev–Trinajstić information content (AvgIpc) is 2.81. The minimum Gasteiger partial charge on any atom is -0.478 e. The van der Waals surface area contributed by atoms with Crippen LogP contribution in [0.25, 0.3) is 6.08 Å². The van der Waals surface area contributed by atoms with Crippen molar-refractivity contribution >= 4 is 23.8 Å². The molecule has 0 radical (unpaired) electrons. The molecule has 0 spiro atoms. The van der Waals surface area contributed by atoms with Crippen LogP contribution in [0.2, 0.25) is 0 Å². The molecule has 0 fully saturated rings. The number of nitrogens with zero attached hydrogens (tertiary/aromatic N) is 2. The highest BCUT2D eigenvalue weighted by Gasteiger charge is 2.00. The summed E-state index contributed by atoms with van der Waals surface area (Å²) in [5.74, 6) is -0.0947. The van der Waals surface area contributed by atoms with Gasteiger partial charge in [-0.1, -0.05) is 36.0 Å². The number of aromatic nitrogens is 2. The fourth-order valence-electron chi connectivity index (χ4n) is 1.53. The number of benzene rings is 1. The molecule has 0 unspecified atom stereocenters. The highest BCUT2D eigenvalue weighted by Crippen LogP contribution is 2.20. The van der Waals surface area contributed by atoms with Gasteiger partial charge in [0.15, 0.2) is 5.16 Å². The molecule has 5 heteroatoms. The molecule has 0 amide bonds. The highest BCUT2D eigenvalue weighted by atomic mass is 32.2. The third-order valence-corrected chi connectivity index (χ3v) is 3.67. The van der Waals surface area contributed by atoms with E-state index < -0.39 is 5.97 Å². The summed E-state index contributed by atoms with van der Waals surface area (Å²) < 4.78 is 1.98. The predicted molar refractivity (Wildman–Crippen MR) is 75.9 cm³/mol. The summed E-state index contributed by atoms with van der Waals surface area (Å²) in [5, 5.41) is 9.53. The normalized spacial score (nSPS) is 11.0. The van der Waals surface area contributed by atoms with Gasteiger partial charge in [0.25, 0.3) is 0 Å². The zero-order chi connectivity index (χ0) is 13.7. The van der Waals surface area contributed by atoms with Gasteiger partial charge in [0.2, 0.25) is 0 Å². The largest absolute Gasteiger partial charge is 0.478 e. The van der Waals surface area contributed by atoms with Gasteiger partial charge >= 0.3 is 5.97 Å². The van der Waals surface area contributed by atoms with Gasteiger partial charge in [-0.15, -0.1) is 0 Å². The van der Waals surface area contributed by atoms with E-state index in [4.69, 9.17) is 5.11 Å². The van der Waals surface area contributed by atoms with Crippen molar-refractivity contribution < 1.29 is 9.90 Å². The summed E-state index contributed by atoms with van der Waals surface area (Å²) in [4.78, 5) is 14.7. The van der Waals surface area contributed by atoms with Crippen molar-refractivity contribution in [3.8, 4) is 0 Å². The molecule has 0 saturated heterocycles. The maximum atomic E-state index is 10.4. The van der Waals surface area contributed by atoms with Crippen LogP contribution < -0.4 is 0 Å². The number of hydrogen-bond donors (Lipinski definition) is 1. The minimum atomic E-state index is -0.936. The molecule has 1 N–H and O–H groups in total. The summed E-state index contributed by atoms with van der Waals surface area (Å²) in [6.45, 7) is 0.